The second-order valence-corrected chi connectivity index (χ2v) is 14.9. The predicted molar refractivity (Wildman–Crippen MR) is 208 cm³/mol. The van der Waals surface area contributed by atoms with Crippen molar-refractivity contribution in [1.82, 2.24) is 0 Å². The summed E-state index contributed by atoms with van der Waals surface area (Å²) < 4.78 is 5.58. The maximum Gasteiger partial charge on any atom is 0.0636 e. The molecule has 0 N–H and O–H groups in total. The van der Waals surface area contributed by atoms with Gasteiger partial charge in [-0.25, -0.2) is 0 Å². The van der Waals surface area contributed by atoms with E-state index < -0.39 is 0 Å². The summed E-state index contributed by atoms with van der Waals surface area (Å²) in [6, 6.07) is 61.7. The Hall–Kier alpha value is -5.06. The lowest BCUT2D eigenvalue weighted by Gasteiger charge is -2.06. The molecule has 222 valence electrons. The zero-order chi connectivity index (χ0) is 31.2. The molecular formula is C44H28S3. The van der Waals surface area contributed by atoms with E-state index in [0.29, 0.717) is 0 Å². The van der Waals surface area contributed by atoms with Crippen molar-refractivity contribution in [1.29, 1.82) is 0 Å². The third-order valence-electron chi connectivity index (χ3n) is 8.81. The molecule has 0 saturated heterocycles. The summed E-state index contributed by atoms with van der Waals surface area (Å²) >= 11 is 5.75. The minimum Gasteiger partial charge on any atom is -0.133 e. The Morgan fingerprint density at radius 2 is 0.489 bits per heavy atom. The largest absolute Gasteiger partial charge is 0.133 e. The van der Waals surface area contributed by atoms with Gasteiger partial charge in [0.1, 0.15) is 0 Å². The molecule has 9 aromatic rings. The van der Waals surface area contributed by atoms with Crippen LogP contribution in [0.3, 0.4) is 0 Å². The molecule has 3 aromatic heterocycles. The highest BCUT2D eigenvalue weighted by molar-refractivity contribution is 7.40. The van der Waals surface area contributed by atoms with Gasteiger partial charge in [-0.05, 0) is 67.8 Å². The van der Waals surface area contributed by atoms with Crippen LogP contribution in [0.2, 0.25) is 0 Å². The van der Waals surface area contributed by atoms with Crippen LogP contribution in [0.15, 0.2) is 170 Å². The van der Waals surface area contributed by atoms with Crippen LogP contribution in [0.5, 0.6) is 0 Å². The molecule has 0 aliphatic heterocycles. The standard InChI is InChI=1S/C44H28S3/c1-3-7-29(8-4-1)31-11-15-33(16-12-31)35-19-23-37(24-20-35)39-27-41-43(46-39)44-42(45-41)28-40(47-44)38-25-21-36(22-26-38)34-17-13-32(14-18-34)30-9-5-2-6-10-30/h1-28H. The Morgan fingerprint density at radius 3 is 0.787 bits per heavy atom. The third kappa shape index (κ3) is 5.43. The average molecular weight is 653 g/mol. The molecule has 0 atom stereocenters. The molecule has 0 aliphatic carbocycles. The van der Waals surface area contributed by atoms with Gasteiger partial charge < -0.3 is 0 Å². The van der Waals surface area contributed by atoms with Crippen molar-refractivity contribution < 1.29 is 0 Å². The number of hydrogen-bond donors (Lipinski definition) is 0. The summed E-state index contributed by atoms with van der Waals surface area (Å²) in [4.78, 5) is 2.66. The lowest BCUT2D eigenvalue weighted by molar-refractivity contribution is 1.59. The van der Waals surface area contributed by atoms with Crippen LogP contribution < -0.4 is 0 Å². The third-order valence-corrected chi connectivity index (χ3v) is 12.7. The van der Waals surface area contributed by atoms with Gasteiger partial charge in [-0.1, -0.05) is 158 Å². The van der Waals surface area contributed by atoms with Crippen molar-refractivity contribution in [2.45, 2.75) is 0 Å². The number of hydrogen-bond acceptors (Lipinski definition) is 3. The minimum atomic E-state index is 1.24. The number of thiophene rings is 3. The monoisotopic (exact) mass is 652 g/mol. The molecule has 3 heterocycles. The van der Waals surface area contributed by atoms with E-state index in [1.54, 1.807) is 0 Å². The van der Waals surface area contributed by atoms with E-state index in [2.05, 4.69) is 170 Å². The molecule has 6 aromatic carbocycles. The first-order valence-electron chi connectivity index (χ1n) is 15.7. The molecule has 0 nitrogen and oxygen atoms in total. The van der Waals surface area contributed by atoms with E-state index >= 15 is 0 Å². The first-order chi connectivity index (χ1) is 23.2. The fourth-order valence-corrected chi connectivity index (χ4v) is 10.3. The Labute approximate surface area is 286 Å². The molecule has 0 spiro atoms. The molecule has 0 fully saturated rings. The predicted octanol–water partition coefficient (Wildman–Crippen LogP) is 14.2. The van der Waals surface area contributed by atoms with Crippen LogP contribution in [0.25, 0.3) is 84.2 Å². The molecule has 0 unspecified atom stereocenters. The number of fused-ring (bicyclic) bond motifs is 3. The van der Waals surface area contributed by atoms with E-state index in [4.69, 9.17) is 0 Å². The fourth-order valence-electron chi connectivity index (χ4n) is 6.25. The van der Waals surface area contributed by atoms with Crippen LogP contribution in [-0.2, 0) is 0 Å². The van der Waals surface area contributed by atoms with E-state index in [0.717, 1.165) is 0 Å². The number of rotatable bonds is 6. The highest BCUT2D eigenvalue weighted by Gasteiger charge is 2.15. The van der Waals surface area contributed by atoms with E-state index in [1.807, 2.05) is 34.0 Å². The van der Waals surface area contributed by atoms with Crippen LogP contribution in [0.4, 0.5) is 0 Å². The van der Waals surface area contributed by atoms with Gasteiger partial charge in [0.2, 0.25) is 0 Å². The van der Waals surface area contributed by atoms with Crippen LogP contribution in [0.1, 0.15) is 0 Å². The van der Waals surface area contributed by atoms with Crippen molar-refractivity contribution in [3.05, 3.63) is 170 Å². The summed E-state index contributed by atoms with van der Waals surface area (Å²) in [5.74, 6) is 0. The van der Waals surface area contributed by atoms with Gasteiger partial charge in [-0.3, -0.25) is 0 Å². The van der Waals surface area contributed by atoms with Gasteiger partial charge in [0, 0.05) is 19.2 Å². The molecule has 0 radical (unpaired) electrons. The molecule has 0 aliphatic rings. The second-order valence-electron chi connectivity index (χ2n) is 11.8. The SMILES string of the molecule is c1ccc(-c2ccc(-c3ccc(-c4cc5sc6cc(-c7ccc(-c8ccc(-c9ccccc9)cc8)cc7)sc6c5s4)cc3)cc2)cc1. The zero-order valence-electron chi connectivity index (χ0n) is 25.4. The van der Waals surface area contributed by atoms with Gasteiger partial charge in [0.15, 0.2) is 0 Å². The topological polar surface area (TPSA) is 0 Å². The lowest BCUT2D eigenvalue weighted by atomic mass is 9.99. The molecule has 0 bridgehead atoms. The highest BCUT2D eigenvalue weighted by atomic mass is 32.1. The summed E-state index contributed by atoms with van der Waals surface area (Å²) in [5, 5.41) is 0. The quantitative estimate of drug-likeness (QED) is 0.168. The maximum atomic E-state index is 2.37. The molecule has 3 heteroatoms. The molecule has 47 heavy (non-hydrogen) atoms. The summed E-state index contributed by atoms with van der Waals surface area (Å²) in [6.45, 7) is 0. The molecule has 0 saturated carbocycles. The van der Waals surface area contributed by atoms with Crippen LogP contribution in [0, 0.1) is 0 Å². The van der Waals surface area contributed by atoms with Gasteiger partial charge in [0.05, 0.1) is 9.40 Å². The fraction of sp³-hybridized carbons (Fsp3) is 0. The molecular weight excluding hydrogens is 625 g/mol. The first kappa shape index (κ1) is 28.2. The van der Waals surface area contributed by atoms with Gasteiger partial charge in [0.25, 0.3) is 0 Å². The Balaban J connectivity index is 0.935. The smallest absolute Gasteiger partial charge is 0.0636 e. The maximum absolute atomic E-state index is 2.37. The van der Waals surface area contributed by atoms with Gasteiger partial charge in [-0.2, -0.15) is 0 Å². The summed E-state index contributed by atoms with van der Waals surface area (Å²) in [7, 11) is 0. The van der Waals surface area contributed by atoms with Crippen LogP contribution in [-0.4, -0.2) is 0 Å². The van der Waals surface area contributed by atoms with E-state index in [9.17, 15) is 0 Å². The van der Waals surface area contributed by atoms with Gasteiger partial charge >= 0.3 is 0 Å². The van der Waals surface area contributed by atoms with Crippen molar-refractivity contribution >= 4 is 52.8 Å². The Morgan fingerprint density at radius 1 is 0.234 bits per heavy atom. The molecule has 0 amide bonds. The van der Waals surface area contributed by atoms with Crippen molar-refractivity contribution in [3.63, 3.8) is 0 Å². The normalized spacial score (nSPS) is 11.4. The summed E-state index contributed by atoms with van der Waals surface area (Å²) in [5.41, 5.74) is 12.5. The Kier molecular flexibility index (Phi) is 7.16. The van der Waals surface area contributed by atoms with E-state index in [1.165, 1.54) is 84.2 Å². The second kappa shape index (κ2) is 11.9. The van der Waals surface area contributed by atoms with Crippen molar-refractivity contribution in [2.24, 2.45) is 0 Å². The van der Waals surface area contributed by atoms with E-state index in [-0.39, 0.29) is 0 Å². The van der Waals surface area contributed by atoms with Gasteiger partial charge in [-0.15, -0.1) is 34.0 Å². The highest BCUT2D eigenvalue weighted by Crippen LogP contribution is 2.48. The van der Waals surface area contributed by atoms with Crippen molar-refractivity contribution in [3.8, 4) is 65.4 Å². The molecule has 9 rings (SSSR count). The average Bonchev–Trinajstić information content (AvgIpc) is 3.84. The zero-order valence-corrected chi connectivity index (χ0v) is 27.8. The first-order valence-corrected chi connectivity index (χ1v) is 18.2. The van der Waals surface area contributed by atoms with Crippen LogP contribution >= 0.6 is 34.0 Å². The Bertz CT molecular complexity index is 2270. The lowest BCUT2D eigenvalue weighted by Crippen LogP contribution is -1.81. The minimum absolute atomic E-state index is 1.24. The number of benzene rings is 6. The summed E-state index contributed by atoms with van der Waals surface area (Å²) in [6.07, 6.45) is 0. The van der Waals surface area contributed by atoms with Crippen molar-refractivity contribution in [2.75, 3.05) is 0 Å².